The van der Waals surface area contributed by atoms with Gasteiger partial charge in [-0.05, 0) is 55.9 Å². The summed E-state index contributed by atoms with van der Waals surface area (Å²) in [7, 11) is 0. The van der Waals surface area contributed by atoms with Crippen LogP contribution in [0, 0.1) is 6.92 Å². The van der Waals surface area contributed by atoms with Gasteiger partial charge in [-0.25, -0.2) is 0 Å². The second-order valence-corrected chi connectivity index (χ2v) is 6.70. The normalized spacial score (nSPS) is 15.5. The number of nitrogens with one attached hydrogen (secondary N) is 1. The molecule has 1 nitrogen and oxygen atoms in total. The molecule has 1 aliphatic carbocycles. The molecule has 0 aliphatic heterocycles. The van der Waals surface area contributed by atoms with Crippen molar-refractivity contribution in [2.45, 2.75) is 45.7 Å². The van der Waals surface area contributed by atoms with Crippen molar-refractivity contribution >= 4 is 11.3 Å². The minimum atomic E-state index is 0.415. The molecule has 0 saturated heterocycles. The molecular formula is C17H21NS. The van der Waals surface area contributed by atoms with Crippen LogP contribution in [0.5, 0.6) is 0 Å². The van der Waals surface area contributed by atoms with Gasteiger partial charge in [0.05, 0.1) is 0 Å². The van der Waals surface area contributed by atoms with E-state index in [2.05, 4.69) is 49.5 Å². The lowest BCUT2D eigenvalue weighted by molar-refractivity contribution is 0.576. The van der Waals surface area contributed by atoms with E-state index in [4.69, 9.17) is 0 Å². The van der Waals surface area contributed by atoms with Crippen molar-refractivity contribution in [1.29, 1.82) is 0 Å². The number of benzene rings is 1. The Morgan fingerprint density at radius 1 is 1.26 bits per heavy atom. The monoisotopic (exact) mass is 271 g/mol. The maximum absolute atomic E-state index is 3.66. The predicted octanol–water partition coefficient (Wildman–Crippen LogP) is 4.40. The second-order valence-electron chi connectivity index (χ2n) is 5.47. The van der Waals surface area contributed by atoms with Crippen molar-refractivity contribution in [3.8, 4) is 0 Å². The molecular weight excluding hydrogens is 250 g/mol. The number of thiophene rings is 1. The molecule has 0 saturated carbocycles. The minimum Gasteiger partial charge on any atom is -0.305 e. The zero-order chi connectivity index (χ0) is 13.2. The van der Waals surface area contributed by atoms with E-state index in [-0.39, 0.29) is 0 Å². The first-order valence-electron chi connectivity index (χ1n) is 7.13. The number of hydrogen-bond acceptors (Lipinski definition) is 2. The van der Waals surface area contributed by atoms with Crippen LogP contribution in [-0.4, -0.2) is 0 Å². The largest absolute Gasteiger partial charge is 0.305 e. The fourth-order valence-corrected chi connectivity index (χ4v) is 4.13. The molecule has 1 atom stereocenters. The van der Waals surface area contributed by atoms with Crippen LogP contribution in [0.1, 0.15) is 45.8 Å². The number of fused-ring (bicyclic) bond motifs is 1. The van der Waals surface area contributed by atoms with Gasteiger partial charge in [-0.1, -0.05) is 24.3 Å². The molecule has 19 heavy (non-hydrogen) atoms. The minimum absolute atomic E-state index is 0.415. The number of aryl methyl sites for hydroxylation is 3. The molecule has 0 fully saturated rings. The van der Waals surface area contributed by atoms with Gasteiger partial charge >= 0.3 is 0 Å². The average molecular weight is 271 g/mol. The van der Waals surface area contributed by atoms with Crippen LogP contribution in [0.25, 0.3) is 0 Å². The summed E-state index contributed by atoms with van der Waals surface area (Å²) in [5.41, 5.74) is 4.38. The molecule has 2 aromatic rings. The van der Waals surface area contributed by atoms with E-state index in [1.807, 2.05) is 11.3 Å². The molecule has 1 aromatic carbocycles. The van der Waals surface area contributed by atoms with E-state index < -0.39 is 0 Å². The Morgan fingerprint density at radius 2 is 2.11 bits per heavy atom. The summed E-state index contributed by atoms with van der Waals surface area (Å²) in [5.74, 6) is 0. The average Bonchev–Trinajstić information content (AvgIpc) is 2.97. The van der Waals surface area contributed by atoms with E-state index in [0.717, 1.165) is 6.54 Å². The first-order valence-corrected chi connectivity index (χ1v) is 7.95. The van der Waals surface area contributed by atoms with Gasteiger partial charge in [0.25, 0.3) is 0 Å². The van der Waals surface area contributed by atoms with Gasteiger partial charge in [0.1, 0.15) is 0 Å². The molecule has 100 valence electrons. The van der Waals surface area contributed by atoms with Crippen LogP contribution in [0.4, 0.5) is 0 Å². The molecule has 1 aliphatic rings. The topological polar surface area (TPSA) is 12.0 Å². The van der Waals surface area contributed by atoms with Crippen LogP contribution in [0.3, 0.4) is 0 Å². The molecule has 0 radical (unpaired) electrons. The molecule has 3 rings (SSSR count). The van der Waals surface area contributed by atoms with Gasteiger partial charge < -0.3 is 5.32 Å². The third-order valence-corrected chi connectivity index (χ3v) is 5.27. The van der Waals surface area contributed by atoms with Gasteiger partial charge in [-0.15, -0.1) is 11.3 Å². The van der Waals surface area contributed by atoms with Crippen molar-refractivity contribution in [2.75, 3.05) is 0 Å². The Hall–Kier alpha value is -1.12. The van der Waals surface area contributed by atoms with Crippen molar-refractivity contribution < 1.29 is 0 Å². The molecule has 0 bridgehead atoms. The highest BCUT2D eigenvalue weighted by Gasteiger charge is 2.15. The van der Waals surface area contributed by atoms with Gasteiger partial charge in [-0.2, -0.15) is 0 Å². The molecule has 1 N–H and O–H groups in total. The van der Waals surface area contributed by atoms with Crippen LogP contribution in [0.2, 0.25) is 0 Å². The highest BCUT2D eigenvalue weighted by Crippen LogP contribution is 2.30. The lowest BCUT2D eigenvalue weighted by atomic mass is 10.0. The summed E-state index contributed by atoms with van der Waals surface area (Å²) in [6.45, 7) is 5.43. The number of rotatable bonds is 4. The van der Waals surface area contributed by atoms with Gasteiger partial charge in [0.2, 0.25) is 0 Å². The first kappa shape index (κ1) is 12.9. The fourth-order valence-electron chi connectivity index (χ4n) is 2.91. The Labute approximate surface area is 119 Å². The summed E-state index contributed by atoms with van der Waals surface area (Å²) in [6.07, 6.45) is 3.95. The Kier molecular flexibility index (Phi) is 3.72. The Balaban J connectivity index is 1.64. The van der Waals surface area contributed by atoms with Crippen molar-refractivity contribution in [3.63, 3.8) is 0 Å². The van der Waals surface area contributed by atoms with Crippen molar-refractivity contribution in [2.24, 2.45) is 0 Å². The molecule has 1 aromatic heterocycles. The molecule has 2 heteroatoms. The van der Waals surface area contributed by atoms with E-state index in [1.54, 1.807) is 10.4 Å². The molecule has 1 unspecified atom stereocenters. The zero-order valence-corrected chi connectivity index (χ0v) is 12.5. The molecule has 0 amide bonds. The highest BCUT2D eigenvalue weighted by atomic mass is 32.1. The third kappa shape index (κ3) is 2.75. The van der Waals surface area contributed by atoms with E-state index in [9.17, 15) is 0 Å². The highest BCUT2D eigenvalue weighted by molar-refractivity contribution is 7.12. The maximum atomic E-state index is 3.66. The summed E-state index contributed by atoms with van der Waals surface area (Å²) in [4.78, 5) is 3.12. The van der Waals surface area contributed by atoms with Crippen LogP contribution in [-0.2, 0) is 19.4 Å². The summed E-state index contributed by atoms with van der Waals surface area (Å²) in [6, 6.07) is 11.5. The molecule has 0 spiro atoms. The SMILES string of the molecule is Cc1ccccc1C(C)NCc1cc2c(s1)CCC2. The van der Waals surface area contributed by atoms with Gasteiger partial charge in [-0.3, -0.25) is 0 Å². The summed E-state index contributed by atoms with van der Waals surface area (Å²) >= 11 is 2.00. The van der Waals surface area contributed by atoms with Crippen LogP contribution in [0.15, 0.2) is 30.3 Å². The van der Waals surface area contributed by atoms with Gasteiger partial charge in [0, 0.05) is 22.3 Å². The lowest BCUT2D eigenvalue weighted by Gasteiger charge is -2.16. The predicted molar refractivity (Wildman–Crippen MR) is 82.8 cm³/mol. The standard InChI is InChI=1S/C17H21NS/c1-12-6-3-4-8-16(12)13(2)18-11-15-10-14-7-5-9-17(14)19-15/h3-4,6,8,10,13,18H,5,7,9,11H2,1-2H3. The molecule has 1 heterocycles. The summed E-state index contributed by atoms with van der Waals surface area (Å²) in [5, 5.41) is 3.66. The fraction of sp³-hybridized carbons (Fsp3) is 0.412. The van der Waals surface area contributed by atoms with Crippen LogP contribution < -0.4 is 5.32 Å². The quantitative estimate of drug-likeness (QED) is 0.869. The second kappa shape index (κ2) is 5.48. The zero-order valence-electron chi connectivity index (χ0n) is 11.7. The van der Waals surface area contributed by atoms with Crippen LogP contribution >= 0.6 is 11.3 Å². The van der Waals surface area contributed by atoms with E-state index in [1.165, 1.54) is 35.3 Å². The number of hydrogen-bond donors (Lipinski definition) is 1. The van der Waals surface area contributed by atoms with E-state index in [0.29, 0.717) is 6.04 Å². The third-order valence-electron chi connectivity index (χ3n) is 4.04. The smallest absolute Gasteiger partial charge is 0.0305 e. The first-order chi connectivity index (χ1) is 9.24. The Bertz CT molecular complexity index is 549. The Morgan fingerprint density at radius 3 is 2.89 bits per heavy atom. The van der Waals surface area contributed by atoms with Crippen molar-refractivity contribution in [1.82, 2.24) is 5.32 Å². The van der Waals surface area contributed by atoms with Crippen molar-refractivity contribution in [3.05, 3.63) is 56.8 Å². The van der Waals surface area contributed by atoms with Gasteiger partial charge in [0.15, 0.2) is 0 Å². The maximum Gasteiger partial charge on any atom is 0.0305 e. The lowest BCUT2D eigenvalue weighted by Crippen LogP contribution is -2.18. The van der Waals surface area contributed by atoms with E-state index >= 15 is 0 Å². The summed E-state index contributed by atoms with van der Waals surface area (Å²) < 4.78 is 0.